The van der Waals surface area contributed by atoms with Crippen molar-refractivity contribution in [1.82, 2.24) is 14.8 Å². The highest BCUT2D eigenvalue weighted by Gasteiger charge is 2.44. The van der Waals surface area contributed by atoms with E-state index >= 15 is 0 Å². The summed E-state index contributed by atoms with van der Waals surface area (Å²) in [5.74, 6) is 0.510. The summed E-state index contributed by atoms with van der Waals surface area (Å²) in [6.07, 6.45) is 2.64. The first-order valence-corrected chi connectivity index (χ1v) is 7.54. The van der Waals surface area contributed by atoms with Gasteiger partial charge in [-0.2, -0.15) is 0 Å². The maximum absolute atomic E-state index is 6.25. The molecule has 1 saturated heterocycles. The van der Waals surface area contributed by atoms with Crippen LogP contribution in [0.2, 0.25) is 0 Å². The molecule has 2 atom stereocenters. The van der Waals surface area contributed by atoms with E-state index in [2.05, 4.69) is 10.2 Å². The summed E-state index contributed by atoms with van der Waals surface area (Å²) >= 11 is 1.69. The second kappa shape index (κ2) is 5.05. The molecule has 3 rings (SSSR count). The molecule has 7 heteroatoms. The summed E-state index contributed by atoms with van der Waals surface area (Å²) in [5, 5.41) is 9.45. The largest absolute Gasteiger partial charge is 0.347 e. The van der Waals surface area contributed by atoms with Gasteiger partial charge < -0.3 is 19.8 Å². The van der Waals surface area contributed by atoms with Gasteiger partial charge in [-0.15, -0.1) is 10.2 Å². The molecule has 2 heterocycles. The Hall–Kier alpha value is -0.630. The zero-order valence-corrected chi connectivity index (χ0v) is 12.2. The van der Waals surface area contributed by atoms with Gasteiger partial charge in [0.05, 0.1) is 13.2 Å². The topological polar surface area (TPSA) is 75.2 Å². The highest BCUT2D eigenvalue weighted by molar-refractivity contribution is 7.99. The fourth-order valence-electron chi connectivity index (χ4n) is 2.65. The fourth-order valence-corrected chi connectivity index (χ4v) is 3.94. The lowest BCUT2D eigenvalue weighted by Gasteiger charge is -2.39. The average molecular weight is 284 g/mol. The molecule has 6 nitrogen and oxygen atoms in total. The molecule has 2 unspecified atom stereocenters. The van der Waals surface area contributed by atoms with E-state index in [9.17, 15) is 0 Å². The van der Waals surface area contributed by atoms with E-state index in [1.54, 1.807) is 11.8 Å². The van der Waals surface area contributed by atoms with Crippen LogP contribution >= 0.6 is 11.8 Å². The van der Waals surface area contributed by atoms with Crippen molar-refractivity contribution in [1.29, 1.82) is 0 Å². The first-order chi connectivity index (χ1) is 9.10. The molecule has 0 amide bonds. The number of aryl methyl sites for hydroxylation is 1. The van der Waals surface area contributed by atoms with Crippen LogP contribution in [0.15, 0.2) is 5.16 Å². The summed E-state index contributed by atoms with van der Waals surface area (Å²) in [6, 6.07) is 0.153. The van der Waals surface area contributed by atoms with Crippen molar-refractivity contribution in [2.24, 2.45) is 12.8 Å². The number of aromatic nitrogens is 3. The number of hydrogen-bond acceptors (Lipinski definition) is 6. The van der Waals surface area contributed by atoms with E-state index in [0.29, 0.717) is 13.2 Å². The van der Waals surface area contributed by atoms with Gasteiger partial charge in [0.25, 0.3) is 0 Å². The Morgan fingerprint density at radius 2 is 2.11 bits per heavy atom. The highest BCUT2D eigenvalue weighted by atomic mass is 32.2. The SMILES string of the molecule is Cc1nnc(SC2CC3(CCC2N)OCCO3)n1C. The van der Waals surface area contributed by atoms with Crippen molar-refractivity contribution in [3.8, 4) is 0 Å². The lowest BCUT2D eigenvalue weighted by Crippen LogP contribution is -2.47. The number of hydrogen-bond donors (Lipinski definition) is 1. The standard InChI is InChI=1S/C12H20N4O2S/c1-8-14-15-11(16(8)2)19-10-7-12(4-3-9(10)13)17-5-6-18-12/h9-10H,3-7,13H2,1-2H3. The minimum absolute atomic E-state index is 0.153. The summed E-state index contributed by atoms with van der Waals surface area (Å²) in [7, 11) is 1.98. The van der Waals surface area contributed by atoms with Crippen molar-refractivity contribution in [2.75, 3.05) is 13.2 Å². The van der Waals surface area contributed by atoms with Crippen LogP contribution in [0.4, 0.5) is 0 Å². The molecule has 0 bridgehead atoms. The van der Waals surface area contributed by atoms with Crippen LogP contribution in [0.25, 0.3) is 0 Å². The summed E-state index contributed by atoms with van der Waals surface area (Å²) in [5.41, 5.74) is 6.25. The average Bonchev–Trinajstić information content (AvgIpc) is 2.97. The van der Waals surface area contributed by atoms with E-state index in [4.69, 9.17) is 15.2 Å². The lowest BCUT2D eigenvalue weighted by molar-refractivity contribution is -0.176. The Labute approximate surface area is 117 Å². The first-order valence-electron chi connectivity index (χ1n) is 6.66. The maximum Gasteiger partial charge on any atom is 0.191 e. The molecular weight excluding hydrogens is 264 g/mol. The molecule has 2 N–H and O–H groups in total. The second-order valence-electron chi connectivity index (χ2n) is 5.26. The summed E-state index contributed by atoms with van der Waals surface area (Å²) < 4.78 is 13.6. The van der Waals surface area contributed by atoms with Crippen molar-refractivity contribution in [3.63, 3.8) is 0 Å². The number of thioether (sulfide) groups is 1. The summed E-state index contributed by atoms with van der Waals surface area (Å²) in [4.78, 5) is 0. The van der Waals surface area contributed by atoms with Crippen LogP contribution in [-0.4, -0.2) is 45.1 Å². The number of rotatable bonds is 2. The van der Waals surface area contributed by atoms with Crippen molar-refractivity contribution < 1.29 is 9.47 Å². The van der Waals surface area contributed by atoms with Gasteiger partial charge in [0.2, 0.25) is 0 Å². The predicted molar refractivity (Wildman–Crippen MR) is 71.8 cm³/mol. The van der Waals surface area contributed by atoms with E-state index in [1.165, 1.54) is 0 Å². The van der Waals surface area contributed by atoms with Crippen LogP contribution in [-0.2, 0) is 16.5 Å². The Morgan fingerprint density at radius 1 is 1.37 bits per heavy atom. The monoisotopic (exact) mass is 284 g/mol. The van der Waals surface area contributed by atoms with E-state index < -0.39 is 5.79 Å². The van der Waals surface area contributed by atoms with Gasteiger partial charge in [0.15, 0.2) is 10.9 Å². The molecular formula is C12H20N4O2S. The van der Waals surface area contributed by atoms with Gasteiger partial charge >= 0.3 is 0 Å². The number of nitrogens with zero attached hydrogens (tertiary/aromatic N) is 3. The Balaban J connectivity index is 1.73. The van der Waals surface area contributed by atoms with E-state index in [1.807, 2.05) is 18.5 Å². The minimum atomic E-state index is -0.402. The molecule has 0 radical (unpaired) electrons. The molecule has 1 saturated carbocycles. The zero-order valence-electron chi connectivity index (χ0n) is 11.3. The lowest BCUT2D eigenvalue weighted by atomic mass is 9.90. The summed E-state index contributed by atoms with van der Waals surface area (Å²) in [6.45, 7) is 3.33. The van der Waals surface area contributed by atoms with Crippen LogP contribution in [0, 0.1) is 6.92 Å². The van der Waals surface area contributed by atoms with Gasteiger partial charge in [-0.3, -0.25) is 0 Å². The third kappa shape index (κ3) is 2.52. The molecule has 106 valence electrons. The van der Waals surface area contributed by atoms with Crippen LogP contribution in [0.1, 0.15) is 25.1 Å². The molecule has 1 aromatic rings. The molecule has 1 aromatic heterocycles. The van der Waals surface area contributed by atoms with Crippen LogP contribution < -0.4 is 5.73 Å². The Kier molecular flexibility index (Phi) is 3.55. The van der Waals surface area contributed by atoms with E-state index in [0.717, 1.165) is 30.2 Å². The molecule has 1 aliphatic heterocycles. The number of ether oxygens (including phenoxy) is 2. The third-order valence-corrected chi connectivity index (χ3v) is 5.36. The smallest absolute Gasteiger partial charge is 0.191 e. The predicted octanol–water partition coefficient (Wildman–Crippen LogP) is 0.839. The first kappa shape index (κ1) is 13.4. The van der Waals surface area contributed by atoms with E-state index in [-0.39, 0.29) is 11.3 Å². The molecule has 2 aliphatic rings. The fraction of sp³-hybridized carbons (Fsp3) is 0.833. The molecule has 1 spiro atoms. The van der Waals surface area contributed by atoms with Crippen molar-refractivity contribution >= 4 is 11.8 Å². The Morgan fingerprint density at radius 3 is 2.74 bits per heavy atom. The molecule has 0 aromatic carbocycles. The normalized spacial score (nSPS) is 30.1. The van der Waals surface area contributed by atoms with Gasteiger partial charge in [-0.05, 0) is 13.3 Å². The van der Waals surface area contributed by atoms with Gasteiger partial charge in [-0.1, -0.05) is 11.8 Å². The third-order valence-electron chi connectivity index (χ3n) is 3.97. The van der Waals surface area contributed by atoms with Gasteiger partial charge in [0.1, 0.15) is 5.82 Å². The molecule has 1 aliphatic carbocycles. The quantitative estimate of drug-likeness (QED) is 0.867. The van der Waals surface area contributed by atoms with Crippen molar-refractivity contribution in [3.05, 3.63) is 5.82 Å². The second-order valence-corrected chi connectivity index (χ2v) is 6.47. The van der Waals surface area contributed by atoms with Gasteiger partial charge in [0, 0.05) is 31.2 Å². The van der Waals surface area contributed by atoms with Gasteiger partial charge in [-0.25, -0.2) is 0 Å². The zero-order chi connectivity index (χ0) is 13.5. The Bertz CT molecular complexity index is 459. The van der Waals surface area contributed by atoms with Crippen LogP contribution in [0.5, 0.6) is 0 Å². The number of nitrogens with two attached hydrogens (primary N) is 1. The minimum Gasteiger partial charge on any atom is -0.347 e. The maximum atomic E-state index is 6.25. The molecule has 2 fully saturated rings. The molecule has 19 heavy (non-hydrogen) atoms. The van der Waals surface area contributed by atoms with Crippen molar-refractivity contribution in [2.45, 2.75) is 48.4 Å². The van der Waals surface area contributed by atoms with Crippen LogP contribution in [0.3, 0.4) is 0 Å². The highest BCUT2D eigenvalue weighted by Crippen LogP contribution is 2.41.